The summed E-state index contributed by atoms with van der Waals surface area (Å²) in [6, 6.07) is 5.72. The summed E-state index contributed by atoms with van der Waals surface area (Å²) in [5.41, 5.74) is 8.11. The summed E-state index contributed by atoms with van der Waals surface area (Å²) in [4.78, 5) is 1.66. The molecule has 1 aromatic carbocycles. The molecule has 102 valence electrons. The first-order valence-corrected chi connectivity index (χ1v) is 8.76. The van der Waals surface area contributed by atoms with Crippen LogP contribution in [0.3, 0.4) is 0 Å². The summed E-state index contributed by atoms with van der Waals surface area (Å²) < 4.78 is 12.2. The van der Waals surface area contributed by atoms with Gasteiger partial charge in [-0.15, -0.1) is 0 Å². The first-order chi connectivity index (χ1) is 8.79. The molecule has 1 heterocycles. The third-order valence-electron chi connectivity index (χ3n) is 2.88. The third kappa shape index (κ3) is 2.87. The number of nitrogens with two attached hydrogens (primary N) is 1. The van der Waals surface area contributed by atoms with Crippen LogP contribution in [0.2, 0.25) is 0 Å². The number of aromatic nitrogens is 3. The highest BCUT2D eigenvalue weighted by Gasteiger charge is 2.16. The number of anilines is 1. The predicted octanol–water partition coefficient (Wildman–Crippen LogP) is 2.36. The van der Waals surface area contributed by atoms with Crippen molar-refractivity contribution in [1.29, 1.82) is 0 Å². The molecule has 2 N–H and O–H groups in total. The minimum absolute atomic E-state index is 0.213. The Morgan fingerprint density at radius 1 is 1.32 bits per heavy atom. The highest BCUT2D eigenvalue weighted by molar-refractivity contribution is 7.70. The van der Waals surface area contributed by atoms with Crippen LogP contribution in [-0.4, -0.2) is 28.3 Å². The fraction of sp³-hybridized carbons (Fsp3) is 0.385. The molecule has 0 fully saturated rings. The summed E-state index contributed by atoms with van der Waals surface area (Å²) in [6.07, 6.45) is 1.71. The topological polar surface area (TPSA) is 73.8 Å². The normalized spacial score (nSPS) is 12.1. The van der Waals surface area contributed by atoms with Crippen LogP contribution >= 0.6 is 7.14 Å². The quantitative estimate of drug-likeness (QED) is 0.691. The summed E-state index contributed by atoms with van der Waals surface area (Å²) in [7, 11) is -2.40. The lowest BCUT2D eigenvalue weighted by Gasteiger charge is -2.11. The molecule has 6 heteroatoms. The van der Waals surface area contributed by atoms with E-state index in [4.69, 9.17) is 5.73 Å². The van der Waals surface area contributed by atoms with Crippen molar-refractivity contribution in [1.82, 2.24) is 15.0 Å². The van der Waals surface area contributed by atoms with Crippen molar-refractivity contribution in [2.45, 2.75) is 19.9 Å². The fourth-order valence-electron chi connectivity index (χ4n) is 1.83. The summed E-state index contributed by atoms with van der Waals surface area (Å²) in [5, 5.41) is 9.32. The Labute approximate surface area is 113 Å². The summed E-state index contributed by atoms with van der Waals surface area (Å²) in [5.74, 6) is 0. The smallest absolute Gasteiger partial charge is 0.113 e. The van der Waals surface area contributed by atoms with Crippen LogP contribution in [0.15, 0.2) is 24.4 Å². The Hall–Kier alpha value is -1.61. The van der Waals surface area contributed by atoms with E-state index in [2.05, 4.69) is 10.2 Å². The molecule has 2 aromatic rings. The van der Waals surface area contributed by atoms with E-state index in [1.165, 1.54) is 0 Å². The second kappa shape index (κ2) is 4.82. The molecule has 1 aromatic heterocycles. The summed E-state index contributed by atoms with van der Waals surface area (Å²) >= 11 is 0. The zero-order valence-electron chi connectivity index (χ0n) is 11.7. The number of nitrogen functional groups attached to an aromatic ring is 1. The molecule has 0 aliphatic rings. The maximum absolute atomic E-state index is 12.2. The lowest BCUT2D eigenvalue weighted by Crippen LogP contribution is -2.10. The van der Waals surface area contributed by atoms with Gasteiger partial charge in [0.1, 0.15) is 12.8 Å². The largest absolute Gasteiger partial charge is 0.398 e. The molecule has 19 heavy (non-hydrogen) atoms. The van der Waals surface area contributed by atoms with Crippen LogP contribution in [0, 0.1) is 0 Å². The average Bonchev–Trinajstić information content (AvgIpc) is 2.77. The Morgan fingerprint density at radius 3 is 2.53 bits per heavy atom. The van der Waals surface area contributed by atoms with E-state index in [-0.39, 0.29) is 6.04 Å². The molecule has 0 radical (unpaired) electrons. The highest BCUT2D eigenvalue weighted by Crippen LogP contribution is 2.38. The number of rotatable bonds is 3. The molecule has 0 bridgehead atoms. The van der Waals surface area contributed by atoms with Crippen molar-refractivity contribution in [2.75, 3.05) is 19.1 Å². The maximum Gasteiger partial charge on any atom is 0.113 e. The molecule has 0 atom stereocenters. The van der Waals surface area contributed by atoms with Crippen molar-refractivity contribution in [3.05, 3.63) is 24.4 Å². The van der Waals surface area contributed by atoms with Gasteiger partial charge in [0.05, 0.1) is 12.2 Å². The van der Waals surface area contributed by atoms with Gasteiger partial charge < -0.3 is 10.3 Å². The van der Waals surface area contributed by atoms with E-state index in [1.807, 2.05) is 26.0 Å². The molecule has 0 aliphatic heterocycles. The Balaban J connectivity index is 2.48. The molecule has 5 nitrogen and oxygen atoms in total. The first kappa shape index (κ1) is 13.8. The lowest BCUT2D eigenvalue weighted by molar-refractivity contribution is 0.467. The Bertz CT molecular complexity index is 642. The SMILES string of the molecule is CC(C)n1ncc(-c2ccc(N)c(P(C)(C)=O)c2)n1. The van der Waals surface area contributed by atoms with Crippen LogP contribution < -0.4 is 11.0 Å². The van der Waals surface area contributed by atoms with Gasteiger partial charge in [0, 0.05) is 16.6 Å². The van der Waals surface area contributed by atoms with E-state index < -0.39 is 7.14 Å². The van der Waals surface area contributed by atoms with Crippen LogP contribution in [-0.2, 0) is 4.57 Å². The lowest BCUT2D eigenvalue weighted by atomic mass is 10.1. The standard InChI is InChI=1S/C13H19N4OP/c1-9(2)17-15-8-12(16-17)10-5-6-11(14)13(7-10)19(3,4)18/h5-9H,14H2,1-4H3. The van der Waals surface area contributed by atoms with E-state index in [9.17, 15) is 4.57 Å². The molecule has 0 unspecified atom stereocenters. The van der Waals surface area contributed by atoms with Gasteiger partial charge in [0.2, 0.25) is 0 Å². The number of nitrogens with zero attached hydrogens (tertiary/aromatic N) is 3. The van der Waals surface area contributed by atoms with Gasteiger partial charge >= 0.3 is 0 Å². The predicted molar refractivity (Wildman–Crippen MR) is 79.3 cm³/mol. The van der Waals surface area contributed by atoms with Gasteiger partial charge in [0.15, 0.2) is 0 Å². The van der Waals surface area contributed by atoms with Crippen molar-refractivity contribution in [3.63, 3.8) is 0 Å². The Kier molecular flexibility index (Phi) is 3.50. The molecular weight excluding hydrogens is 259 g/mol. The molecular formula is C13H19N4OP. The second-order valence-electron chi connectivity index (χ2n) is 5.27. The monoisotopic (exact) mass is 278 g/mol. The Morgan fingerprint density at radius 2 is 2.00 bits per heavy atom. The van der Waals surface area contributed by atoms with E-state index in [0.29, 0.717) is 11.0 Å². The van der Waals surface area contributed by atoms with Gasteiger partial charge in [-0.1, -0.05) is 6.07 Å². The molecule has 0 saturated carbocycles. The van der Waals surface area contributed by atoms with Crippen molar-refractivity contribution >= 4 is 18.1 Å². The zero-order valence-corrected chi connectivity index (χ0v) is 12.6. The van der Waals surface area contributed by atoms with Crippen molar-refractivity contribution in [2.24, 2.45) is 0 Å². The minimum Gasteiger partial charge on any atom is -0.398 e. The number of hydrogen-bond donors (Lipinski definition) is 1. The van der Waals surface area contributed by atoms with Crippen LogP contribution in [0.25, 0.3) is 11.3 Å². The van der Waals surface area contributed by atoms with Crippen molar-refractivity contribution in [3.8, 4) is 11.3 Å². The van der Waals surface area contributed by atoms with Crippen LogP contribution in [0.1, 0.15) is 19.9 Å². The van der Waals surface area contributed by atoms with Crippen molar-refractivity contribution < 1.29 is 4.57 Å². The second-order valence-corrected chi connectivity index (χ2v) is 8.45. The fourth-order valence-corrected chi connectivity index (χ4v) is 2.97. The maximum atomic E-state index is 12.2. The number of benzene rings is 1. The first-order valence-electron chi connectivity index (χ1n) is 6.16. The average molecular weight is 278 g/mol. The number of hydrogen-bond acceptors (Lipinski definition) is 4. The van der Waals surface area contributed by atoms with Gasteiger partial charge in [0.25, 0.3) is 0 Å². The van der Waals surface area contributed by atoms with Crippen LogP contribution in [0.4, 0.5) is 5.69 Å². The third-order valence-corrected chi connectivity index (χ3v) is 4.42. The molecule has 0 aliphatic carbocycles. The van der Waals surface area contributed by atoms with Gasteiger partial charge in [-0.05, 0) is 39.3 Å². The zero-order chi connectivity index (χ0) is 14.2. The minimum atomic E-state index is -2.40. The van der Waals surface area contributed by atoms with Gasteiger partial charge in [-0.25, -0.2) is 0 Å². The molecule has 0 amide bonds. The van der Waals surface area contributed by atoms with E-state index in [1.54, 1.807) is 30.4 Å². The van der Waals surface area contributed by atoms with Gasteiger partial charge in [-0.3, -0.25) is 0 Å². The molecule has 0 saturated heterocycles. The molecule has 0 spiro atoms. The highest BCUT2D eigenvalue weighted by atomic mass is 31.2. The van der Waals surface area contributed by atoms with E-state index >= 15 is 0 Å². The summed E-state index contributed by atoms with van der Waals surface area (Å²) in [6.45, 7) is 7.47. The van der Waals surface area contributed by atoms with Gasteiger partial charge in [-0.2, -0.15) is 15.0 Å². The molecule has 2 rings (SSSR count). The van der Waals surface area contributed by atoms with Crippen LogP contribution in [0.5, 0.6) is 0 Å². The van der Waals surface area contributed by atoms with E-state index in [0.717, 1.165) is 11.3 Å².